The van der Waals surface area contributed by atoms with E-state index in [2.05, 4.69) is 42.6 Å². The Kier molecular flexibility index (Phi) is 4.48. The van der Waals surface area contributed by atoms with Gasteiger partial charge in [-0.05, 0) is 43.7 Å². The van der Waals surface area contributed by atoms with Crippen molar-refractivity contribution in [2.45, 2.75) is 45.1 Å². The predicted octanol–water partition coefficient (Wildman–Crippen LogP) is 3.92. The molecule has 3 heteroatoms. The number of thiazole rings is 1. The molecule has 1 aliphatic carbocycles. The number of hydrogen-bond donors (Lipinski definition) is 1. The fraction of sp³-hybridized carbons (Fsp3) is 0.471. The van der Waals surface area contributed by atoms with Gasteiger partial charge < -0.3 is 5.32 Å². The maximum absolute atomic E-state index is 4.81. The molecule has 0 amide bonds. The number of nitrogens with one attached hydrogen (secondary N) is 1. The summed E-state index contributed by atoms with van der Waals surface area (Å²) in [6.45, 7) is 4.21. The minimum Gasteiger partial charge on any atom is -0.310 e. The minimum atomic E-state index is 0.681. The van der Waals surface area contributed by atoms with E-state index >= 15 is 0 Å². The van der Waals surface area contributed by atoms with Gasteiger partial charge in [-0.25, -0.2) is 4.98 Å². The molecule has 1 aromatic heterocycles. The maximum Gasteiger partial charge on any atom is 0.107 e. The smallest absolute Gasteiger partial charge is 0.107 e. The van der Waals surface area contributed by atoms with Crippen molar-refractivity contribution in [1.29, 1.82) is 0 Å². The SMILES string of the molecule is CCCNCc1nc2c(s1)CC(c1ccccc1)CC2. The highest BCUT2D eigenvalue weighted by atomic mass is 32.1. The van der Waals surface area contributed by atoms with Crippen molar-refractivity contribution in [1.82, 2.24) is 10.3 Å². The van der Waals surface area contributed by atoms with Crippen LogP contribution in [0, 0.1) is 0 Å². The van der Waals surface area contributed by atoms with Crippen molar-refractivity contribution < 1.29 is 0 Å². The van der Waals surface area contributed by atoms with Gasteiger partial charge in [0, 0.05) is 11.4 Å². The highest BCUT2D eigenvalue weighted by Gasteiger charge is 2.23. The Bertz CT molecular complexity index is 547. The van der Waals surface area contributed by atoms with E-state index in [1.807, 2.05) is 11.3 Å². The van der Waals surface area contributed by atoms with Crippen molar-refractivity contribution in [3.05, 3.63) is 51.5 Å². The van der Waals surface area contributed by atoms with Gasteiger partial charge in [0.1, 0.15) is 5.01 Å². The Balaban J connectivity index is 1.68. The van der Waals surface area contributed by atoms with E-state index in [0.717, 1.165) is 19.5 Å². The van der Waals surface area contributed by atoms with E-state index in [1.54, 1.807) is 0 Å². The monoisotopic (exact) mass is 286 g/mol. The van der Waals surface area contributed by atoms with Crippen LogP contribution in [0.5, 0.6) is 0 Å². The molecule has 1 unspecified atom stereocenters. The molecule has 2 nitrogen and oxygen atoms in total. The average molecular weight is 286 g/mol. The third-order valence-corrected chi connectivity index (χ3v) is 5.08. The number of hydrogen-bond acceptors (Lipinski definition) is 3. The molecule has 1 atom stereocenters. The number of rotatable bonds is 5. The Morgan fingerprint density at radius 2 is 2.15 bits per heavy atom. The first-order valence-electron chi connectivity index (χ1n) is 7.60. The topological polar surface area (TPSA) is 24.9 Å². The van der Waals surface area contributed by atoms with Gasteiger partial charge >= 0.3 is 0 Å². The van der Waals surface area contributed by atoms with Gasteiger partial charge in [0.25, 0.3) is 0 Å². The predicted molar refractivity (Wildman–Crippen MR) is 85.3 cm³/mol. The van der Waals surface area contributed by atoms with Crippen LogP contribution in [-0.2, 0) is 19.4 Å². The summed E-state index contributed by atoms with van der Waals surface area (Å²) >= 11 is 1.91. The molecule has 20 heavy (non-hydrogen) atoms. The largest absolute Gasteiger partial charge is 0.310 e. The van der Waals surface area contributed by atoms with Crippen molar-refractivity contribution in [3.8, 4) is 0 Å². The quantitative estimate of drug-likeness (QED) is 0.843. The maximum atomic E-state index is 4.81. The van der Waals surface area contributed by atoms with Crippen LogP contribution in [-0.4, -0.2) is 11.5 Å². The molecule has 0 aliphatic heterocycles. The summed E-state index contributed by atoms with van der Waals surface area (Å²) < 4.78 is 0. The second-order valence-corrected chi connectivity index (χ2v) is 6.67. The lowest BCUT2D eigenvalue weighted by molar-refractivity contribution is 0.582. The highest BCUT2D eigenvalue weighted by molar-refractivity contribution is 7.11. The Morgan fingerprint density at radius 3 is 2.95 bits per heavy atom. The van der Waals surface area contributed by atoms with Crippen LogP contribution < -0.4 is 5.32 Å². The number of aromatic nitrogens is 1. The number of aryl methyl sites for hydroxylation is 1. The second-order valence-electron chi connectivity index (χ2n) is 5.50. The lowest BCUT2D eigenvalue weighted by Crippen LogP contribution is -2.13. The Morgan fingerprint density at radius 1 is 1.30 bits per heavy atom. The lowest BCUT2D eigenvalue weighted by atomic mass is 9.85. The molecule has 0 fully saturated rings. The van der Waals surface area contributed by atoms with Crippen LogP contribution >= 0.6 is 11.3 Å². The Labute approximate surface area is 125 Å². The summed E-state index contributed by atoms with van der Waals surface area (Å²) in [7, 11) is 0. The van der Waals surface area contributed by atoms with Gasteiger partial charge in [0.05, 0.1) is 5.69 Å². The fourth-order valence-corrected chi connectivity index (χ4v) is 4.05. The zero-order valence-corrected chi connectivity index (χ0v) is 12.9. The number of benzene rings is 1. The molecule has 1 aromatic carbocycles. The normalized spacial score (nSPS) is 17.9. The van der Waals surface area contributed by atoms with E-state index in [1.165, 1.54) is 40.4 Å². The van der Waals surface area contributed by atoms with Crippen LogP contribution in [0.2, 0.25) is 0 Å². The molecule has 106 valence electrons. The Hall–Kier alpha value is -1.19. The molecule has 0 saturated heterocycles. The second kappa shape index (κ2) is 6.51. The van der Waals surface area contributed by atoms with Gasteiger partial charge in [-0.15, -0.1) is 11.3 Å². The molecule has 1 heterocycles. The summed E-state index contributed by atoms with van der Waals surface area (Å²) in [5.74, 6) is 0.681. The summed E-state index contributed by atoms with van der Waals surface area (Å²) in [5.41, 5.74) is 2.84. The van der Waals surface area contributed by atoms with Crippen LogP contribution in [0.15, 0.2) is 30.3 Å². The molecule has 0 spiro atoms. The molecule has 3 rings (SSSR count). The fourth-order valence-electron chi connectivity index (χ4n) is 2.89. The van der Waals surface area contributed by atoms with Crippen molar-refractivity contribution in [2.75, 3.05) is 6.54 Å². The van der Waals surface area contributed by atoms with E-state index in [-0.39, 0.29) is 0 Å². The lowest BCUT2D eigenvalue weighted by Gasteiger charge is -2.21. The molecular formula is C17H22N2S. The first-order valence-corrected chi connectivity index (χ1v) is 8.41. The van der Waals surface area contributed by atoms with Gasteiger partial charge in [-0.3, -0.25) is 0 Å². The molecule has 0 bridgehead atoms. The molecule has 2 aromatic rings. The van der Waals surface area contributed by atoms with Crippen LogP contribution in [0.3, 0.4) is 0 Å². The van der Waals surface area contributed by atoms with Crippen molar-refractivity contribution in [2.24, 2.45) is 0 Å². The zero-order chi connectivity index (χ0) is 13.8. The summed E-state index contributed by atoms with van der Waals surface area (Å²) in [6, 6.07) is 10.9. The number of fused-ring (bicyclic) bond motifs is 1. The molecule has 0 saturated carbocycles. The zero-order valence-electron chi connectivity index (χ0n) is 12.1. The van der Waals surface area contributed by atoms with E-state index in [4.69, 9.17) is 4.98 Å². The first kappa shape index (κ1) is 13.8. The van der Waals surface area contributed by atoms with E-state index in [9.17, 15) is 0 Å². The third-order valence-electron chi connectivity index (χ3n) is 3.96. The van der Waals surface area contributed by atoms with Crippen LogP contribution in [0.4, 0.5) is 0 Å². The summed E-state index contributed by atoms with van der Waals surface area (Å²) in [5, 5.41) is 4.71. The summed E-state index contributed by atoms with van der Waals surface area (Å²) in [4.78, 5) is 6.32. The number of nitrogens with zero attached hydrogens (tertiary/aromatic N) is 1. The minimum absolute atomic E-state index is 0.681. The standard InChI is InChI=1S/C17H22N2S/c1-2-10-18-12-17-19-15-9-8-14(11-16(15)20-17)13-6-4-3-5-7-13/h3-7,14,18H,2,8-12H2,1H3. The molecule has 1 N–H and O–H groups in total. The van der Waals surface area contributed by atoms with Crippen LogP contribution in [0.25, 0.3) is 0 Å². The van der Waals surface area contributed by atoms with Gasteiger partial charge in [-0.2, -0.15) is 0 Å². The first-order chi connectivity index (χ1) is 9.86. The molecule has 0 radical (unpaired) electrons. The van der Waals surface area contributed by atoms with Crippen molar-refractivity contribution >= 4 is 11.3 Å². The third kappa shape index (κ3) is 3.10. The van der Waals surface area contributed by atoms with E-state index < -0.39 is 0 Å². The molecule has 1 aliphatic rings. The van der Waals surface area contributed by atoms with Crippen molar-refractivity contribution in [3.63, 3.8) is 0 Å². The molecular weight excluding hydrogens is 264 g/mol. The summed E-state index contributed by atoms with van der Waals surface area (Å²) in [6.07, 6.45) is 4.73. The highest BCUT2D eigenvalue weighted by Crippen LogP contribution is 2.35. The van der Waals surface area contributed by atoms with Gasteiger partial charge in [-0.1, -0.05) is 37.3 Å². The van der Waals surface area contributed by atoms with Gasteiger partial charge in [0.2, 0.25) is 0 Å². The van der Waals surface area contributed by atoms with E-state index in [0.29, 0.717) is 5.92 Å². The van der Waals surface area contributed by atoms with Gasteiger partial charge in [0.15, 0.2) is 0 Å². The average Bonchev–Trinajstić information content (AvgIpc) is 2.90. The van der Waals surface area contributed by atoms with Crippen LogP contribution in [0.1, 0.15) is 46.8 Å².